The summed E-state index contributed by atoms with van der Waals surface area (Å²) < 4.78 is 0. The molecule has 0 saturated carbocycles. The molecule has 2 N–H and O–H groups in total. The molecule has 0 amide bonds. The molecule has 0 radical (unpaired) electrons. The van der Waals surface area contributed by atoms with Crippen LogP contribution in [0, 0.1) is 11.8 Å². The molecule has 0 bridgehead atoms. The zero-order chi connectivity index (χ0) is 8.97. The molecule has 0 spiro atoms. The summed E-state index contributed by atoms with van der Waals surface area (Å²) in [5.74, 6) is 5.58. The van der Waals surface area contributed by atoms with E-state index in [4.69, 9.17) is 17.3 Å². The van der Waals surface area contributed by atoms with Gasteiger partial charge in [-0.15, -0.1) is 0 Å². The average Bonchev–Trinajstić information content (AvgIpc) is 2.07. The van der Waals surface area contributed by atoms with Crippen LogP contribution in [0.2, 0.25) is 5.15 Å². The minimum absolute atomic E-state index is 0.406. The number of alkyl halides is 1. The Labute approximate surface area is 84.3 Å². The molecule has 1 rings (SSSR count). The Morgan fingerprint density at radius 3 is 3.00 bits per heavy atom. The van der Waals surface area contributed by atoms with Crippen LogP contribution in [-0.4, -0.2) is 10.3 Å². The molecule has 0 aliphatic rings. The van der Waals surface area contributed by atoms with Crippen LogP contribution in [-0.2, 0) is 0 Å². The van der Waals surface area contributed by atoms with Crippen molar-refractivity contribution in [2.45, 2.75) is 0 Å². The predicted octanol–water partition coefficient (Wildman–Crippen LogP) is 2.06. The number of anilines is 1. The van der Waals surface area contributed by atoms with Crippen LogP contribution in [0.4, 0.5) is 5.69 Å². The summed E-state index contributed by atoms with van der Waals surface area (Å²) in [6, 6.07) is 3.32. The lowest BCUT2D eigenvalue weighted by molar-refractivity contribution is 1.29. The number of aromatic nitrogens is 1. The standard InChI is InChI=1S/C8H6BrClN2/c9-5-1-2-7-6(11)3-4-8(10)12-7/h3-4H,5,11H2. The Balaban J connectivity index is 3.05. The van der Waals surface area contributed by atoms with Crippen molar-refractivity contribution in [3.63, 3.8) is 0 Å². The summed E-state index contributed by atoms with van der Waals surface area (Å²) in [6.45, 7) is 0. The molecule has 12 heavy (non-hydrogen) atoms. The molecule has 4 heteroatoms. The fraction of sp³-hybridized carbons (Fsp3) is 0.125. The molecule has 0 aliphatic carbocycles. The molecule has 0 saturated heterocycles. The molecule has 62 valence electrons. The zero-order valence-electron chi connectivity index (χ0n) is 6.14. The highest BCUT2D eigenvalue weighted by molar-refractivity contribution is 9.09. The van der Waals surface area contributed by atoms with Crippen molar-refractivity contribution < 1.29 is 0 Å². The number of pyridine rings is 1. The van der Waals surface area contributed by atoms with Gasteiger partial charge >= 0.3 is 0 Å². The van der Waals surface area contributed by atoms with Crippen LogP contribution >= 0.6 is 27.5 Å². The van der Waals surface area contributed by atoms with E-state index in [0.29, 0.717) is 21.9 Å². The number of nitrogen functional groups attached to an aromatic ring is 1. The van der Waals surface area contributed by atoms with Gasteiger partial charge in [0, 0.05) is 0 Å². The van der Waals surface area contributed by atoms with E-state index in [2.05, 4.69) is 32.8 Å². The third-order valence-electron chi connectivity index (χ3n) is 1.17. The lowest BCUT2D eigenvalue weighted by Crippen LogP contribution is -1.93. The molecule has 0 fully saturated rings. The van der Waals surface area contributed by atoms with Gasteiger partial charge in [-0.25, -0.2) is 4.98 Å². The van der Waals surface area contributed by atoms with Gasteiger partial charge in [-0.2, -0.15) is 0 Å². The van der Waals surface area contributed by atoms with E-state index in [1.807, 2.05) is 0 Å². The van der Waals surface area contributed by atoms with E-state index in [0.717, 1.165) is 0 Å². The van der Waals surface area contributed by atoms with Crippen LogP contribution in [0.1, 0.15) is 5.69 Å². The summed E-state index contributed by atoms with van der Waals surface area (Å²) >= 11 is 8.82. The van der Waals surface area contributed by atoms with Gasteiger partial charge in [0.15, 0.2) is 0 Å². The van der Waals surface area contributed by atoms with Gasteiger partial charge in [-0.05, 0) is 18.1 Å². The molecular formula is C8H6BrClN2. The first kappa shape index (κ1) is 9.37. The SMILES string of the molecule is Nc1ccc(Cl)nc1C#CCBr. The number of nitrogens with two attached hydrogens (primary N) is 1. The quantitative estimate of drug-likeness (QED) is 0.432. The van der Waals surface area contributed by atoms with Crippen molar-refractivity contribution >= 4 is 33.2 Å². The van der Waals surface area contributed by atoms with Crippen LogP contribution in [0.3, 0.4) is 0 Å². The molecular weight excluding hydrogens is 239 g/mol. The maximum atomic E-state index is 5.65. The fourth-order valence-corrected chi connectivity index (χ4v) is 0.951. The van der Waals surface area contributed by atoms with Crippen molar-refractivity contribution in [1.82, 2.24) is 4.98 Å². The van der Waals surface area contributed by atoms with Crippen molar-refractivity contribution in [2.75, 3.05) is 11.1 Å². The summed E-state index contributed by atoms with van der Waals surface area (Å²) in [4.78, 5) is 3.96. The van der Waals surface area contributed by atoms with Gasteiger partial charge in [-0.3, -0.25) is 0 Å². The first-order chi connectivity index (χ1) is 5.74. The molecule has 0 aromatic carbocycles. The Morgan fingerprint density at radius 1 is 1.58 bits per heavy atom. The highest BCUT2D eigenvalue weighted by atomic mass is 79.9. The number of hydrogen-bond acceptors (Lipinski definition) is 2. The topological polar surface area (TPSA) is 38.9 Å². The highest BCUT2D eigenvalue weighted by Crippen LogP contribution is 2.11. The van der Waals surface area contributed by atoms with Crippen LogP contribution in [0.5, 0.6) is 0 Å². The van der Waals surface area contributed by atoms with Crippen molar-refractivity contribution in [2.24, 2.45) is 0 Å². The number of hydrogen-bond donors (Lipinski definition) is 1. The smallest absolute Gasteiger partial charge is 0.137 e. The number of nitrogens with zero attached hydrogens (tertiary/aromatic N) is 1. The highest BCUT2D eigenvalue weighted by Gasteiger charge is 1.96. The van der Waals surface area contributed by atoms with E-state index in [1.165, 1.54) is 0 Å². The van der Waals surface area contributed by atoms with Crippen LogP contribution in [0.25, 0.3) is 0 Å². The predicted molar refractivity (Wildman–Crippen MR) is 54.3 cm³/mol. The second kappa shape index (κ2) is 4.34. The van der Waals surface area contributed by atoms with E-state index in [9.17, 15) is 0 Å². The first-order valence-corrected chi connectivity index (χ1v) is 4.71. The number of halogens is 2. The molecule has 0 atom stereocenters. The molecule has 0 unspecified atom stereocenters. The Kier molecular flexibility index (Phi) is 3.39. The Hall–Kier alpha value is -0.720. The molecule has 0 aliphatic heterocycles. The third-order valence-corrected chi connectivity index (χ3v) is 1.66. The Morgan fingerprint density at radius 2 is 2.33 bits per heavy atom. The summed E-state index contributed by atoms with van der Waals surface area (Å²) in [7, 11) is 0. The second-order valence-electron chi connectivity index (χ2n) is 2.01. The largest absolute Gasteiger partial charge is 0.396 e. The van der Waals surface area contributed by atoms with Gasteiger partial charge in [0.2, 0.25) is 0 Å². The maximum Gasteiger partial charge on any atom is 0.137 e. The normalized spacial score (nSPS) is 8.83. The lowest BCUT2D eigenvalue weighted by atomic mass is 10.3. The van der Waals surface area contributed by atoms with Crippen molar-refractivity contribution in [3.05, 3.63) is 23.0 Å². The van der Waals surface area contributed by atoms with Crippen LogP contribution in [0.15, 0.2) is 12.1 Å². The van der Waals surface area contributed by atoms with Gasteiger partial charge in [0.05, 0.1) is 11.0 Å². The van der Waals surface area contributed by atoms with E-state index in [1.54, 1.807) is 12.1 Å². The number of rotatable bonds is 0. The van der Waals surface area contributed by atoms with E-state index >= 15 is 0 Å². The van der Waals surface area contributed by atoms with E-state index < -0.39 is 0 Å². The molecule has 1 aromatic heterocycles. The zero-order valence-corrected chi connectivity index (χ0v) is 8.48. The molecule has 1 heterocycles. The minimum Gasteiger partial charge on any atom is -0.396 e. The van der Waals surface area contributed by atoms with Gasteiger partial charge in [0.1, 0.15) is 10.8 Å². The molecule has 2 nitrogen and oxygen atoms in total. The molecule has 1 aromatic rings. The van der Waals surface area contributed by atoms with Gasteiger partial charge in [0.25, 0.3) is 0 Å². The van der Waals surface area contributed by atoms with Crippen molar-refractivity contribution in [1.29, 1.82) is 0 Å². The average molecular weight is 246 g/mol. The second-order valence-corrected chi connectivity index (χ2v) is 2.96. The summed E-state index contributed by atoms with van der Waals surface area (Å²) in [6.07, 6.45) is 0. The lowest BCUT2D eigenvalue weighted by Gasteiger charge is -1.95. The maximum absolute atomic E-state index is 5.65. The summed E-state index contributed by atoms with van der Waals surface area (Å²) in [5, 5.41) is 1.00. The van der Waals surface area contributed by atoms with E-state index in [-0.39, 0.29) is 0 Å². The van der Waals surface area contributed by atoms with Gasteiger partial charge in [-0.1, -0.05) is 33.5 Å². The van der Waals surface area contributed by atoms with Crippen molar-refractivity contribution in [3.8, 4) is 11.8 Å². The van der Waals surface area contributed by atoms with Crippen LogP contribution < -0.4 is 5.73 Å². The Bertz CT molecular complexity index is 341. The minimum atomic E-state index is 0.406. The monoisotopic (exact) mass is 244 g/mol. The first-order valence-electron chi connectivity index (χ1n) is 3.21. The fourth-order valence-electron chi connectivity index (χ4n) is 0.663. The third kappa shape index (κ3) is 2.40. The summed E-state index contributed by atoms with van der Waals surface area (Å²) in [5.41, 5.74) is 6.67. The van der Waals surface area contributed by atoms with Gasteiger partial charge < -0.3 is 5.73 Å².